The zero-order valence-electron chi connectivity index (χ0n) is 10.4. The molecule has 0 fully saturated rings. The average molecular weight is 335 g/mol. The third kappa shape index (κ3) is 3.32. The summed E-state index contributed by atoms with van der Waals surface area (Å²) in [6, 6.07) is 4.83. The number of benzene rings is 1. The Bertz CT molecular complexity index is 576. The quantitative estimate of drug-likeness (QED) is 0.918. The van der Waals surface area contributed by atoms with Gasteiger partial charge in [-0.2, -0.15) is 0 Å². The first-order chi connectivity index (χ1) is 8.05. The first-order valence-corrected chi connectivity index (χ1v) is 7.95. The van der Waals surface area contributed by atoms with Gasteiger partial charge in [0, 0.05) is 10.7 Å². The molecule has 0 spiro atoms. The Kier molecular flexibility index (Phi) is 4.23. The molecule has 4 nitrogen and oxygen atoms in total. The summed E-state index contributed by atoms with van der Waals surface area (Å²) in [7, 11) is -3.38. The fourth-order valence-electron chi connectivity index (χ4n) is 1.58. The molecule has 0 saturated carbocycles. The van der Waals surface area contributed by atoms with Crippen molar-refractivity contribution in [3.8, 4) is 0 Å². The number of halogens is 1. The van der Waals surface area contributed by atoms with E-state index in [9.17, 15) is 13.2 Å². The average Bonchev–Trinajstić information content (AvgIpc) is 2.18. The van der Waals surface area contributed by atoms with E-state index in [0.29, 0.717) is 10.0 Å². The van der Waals surface area contributed by atoms with Crippen LogP contribution >= 0.6 is 15.9 Å². The van der Waals surface area contributed by atoms with Gasteiger partial charge in [-0.25, -0.2) is 8.42 Å². The standard InChI is InChI=1S/C12H15BrO4S/c1-12(2,11(14)15)7-8-9(13)5-4-6-10(8)18(3,16)17/h4-6H,7H2,1-3H3,(H,14,15). The van der Waals surface area contributed by atoms with Crippen LogP contribution in [0.2, 0.25) is 0 Å². The summed E-state index contributed by atoms with van der Waals surface area (Å²) in [6.07, 6.45) is 1.26. The highest BCUT2D eigenvalue weighted by atomic mass is 79.9. The van der Waals surface area contributed by atoms with Crippen molar-refractivity contribution in [2.45, 2.75) is 25.2 Å². The summed E-state index contributed by atoms with van der Waals surface area (Å²) in [5.74, 6) is -0.960. The number of rotatable bonds is 4. The molecule has 0 radical (unpaired) electrons. The van der Waals surface area contributed by atoms with Crippen LogP contribution in [0, 0.1) is 5.41 Å². The smallest absolute Gasteiger partial charge is 0.309 e. The zero-order chi connectivity index (χ0) is 14.1. The van der Waals surface area contributed by atoms with E-state index in [1.54, 1.807) is 26.0 Å². The fraction of sp³-hybridized carbons (Fsp3) is 0.417. The van der Waals surface area contributed by atoms with Gasteiger partial charge in [0.2, 0.25) is 0 Å². The van der Waals surface area contributed by atoms with Crippen LogP contribution in [0.1, 0.15) is 19.4 Å². The van der Waals surface area contributed by atoms with Gasteiger partial charge < -0.3 is 5.11 Å². The summed E-state index contributed by atoms with van der Waals surface area (Å²) in [6.45, 7) is 3.14. The van der Waals surface area contributed by atoms with Crippen molar-refractivity contribution >= 4 is 31.7 Å². The van der Waals surface area contributed by atoms with Crippen molar-refractivity contribution in [2.24, 2.45) is 5.41 Å². The number of sulfone groups is 1. The topological polar surface area (TPSA) is 71.4 Å². The number of hydrogen-bond donors (Lipinski definition) is 1. The summed E-state index contributed by atoms with van der Waals surface area (Å²) >= 11 is 3.28. The molecule has 18 heavy (non-hydrogen) atoms. The highest BCUT2D eigenvalue weighted by Crippen LogP contribution is 2.31. The maximum atomic E-state index is 11.7. The van der Waals surface area contributed by atoms with Crippen molar-refractivity contribution in [3.63, 3.8) is 0 Å². The predicted octanol–water partition coefficient (Wildman–Crippen LogP) is 2.51. The lowest BCUT2D eigenvalue weighted by Crippen LogP contribution is -2.27. The molecule has 0 aliphatic carbocycles. The van der Waals surface area contributed by atoms with Gasteiger partial charge in [0.15, 0.2) is 9.84 Å². The van der Waals surface area contributed by atoms with Crippen molar-refractivity contribution in [1.82, 2.24) is 0 Å². The molecule has 0 aromatic heterocycles. The molecule has 0 saturated heterocycles. The summed E-state index contributed by atoms with van der Waals surface area (Å²) < 4.78 is 24.0. The minimum Gasteiger partial charge on any atom is -0.481 e. The van der Waals surface area contributed by atoms with Gasteiger partial charge >= 0.3 is 5.97 Å². The lowest BCUT2D eigenvalue weighted by molar-refractivity contribution is -0.146. The number of carbonyl (C=O) groups is 1. The molecule has 0 aliphatic rings. The largest absolute Gasteiger partial charge is 0.481 e. The molecule has 1 N–H and O–H groups in total. The number of aliphatic carboxylic acids is 1. The van der Waals surface area contributed by atoms with Crippen LogP contribution < -0.4 is 0 Å². The third-order valence-corrected chi connectivity index (χ3v) is 4.60. The molecular weight excluding hydrogens is 320 g/mol. The van der Waals surface area contributed by atoms with E-state index < -0.39 is 21.2 Å². The highest BCUT2D eigenvalue weighted by Gasteiger charge is 2.30. The van der Waals surface area contributed by atoms with Gasteiger partial charge in [0.1, 0.15) is 0 Å². The first kappa shape index (κ1) is 15.2. The van der Waals surface area contributed by atoms with Crippen LogP contribution in [0.5, 0.6) is 0 Å². The molecule has 0 unspecified atom stereocenters. The van der Waals surface area contributed by atoms with Gasteiger partial charge in [-0.05, 0) is 38.0 Å². The second-order valence-electron chi connectivity index (χ2n) is 4.85. The number of hydrogen-bond acceptors (Lipinski definition) is 3. The van der Waals surface area contributed by atoms with E-state index >= 15 is 0 Å². The summed E-state index contributed by atoms with van der Waals surface area (Å²) in [4.78, 5) is 11.3. The fourth-order valence-corrected chi connectivity index (χ4v) is 3.17. The molecule has 0 amide bonds. The van der Waals surface area contributed by atoms with Crippen LogP contribution in [-0.2, 0) is 21.1 Å². The van der Waals surface area contributed by atoms with E-state index in [4.69, 9.17) is 5.11 Å². The van der Waals surface area contributed by atoms with Crippen LogP contribution in [0.25, 0.3) is 0 Å². The molecule has 1 rings (SSSR count). The Morgan fingerprint density at radius 2 is 1.94 bits per heavy atom. The lowest BCUT2D eigenvalue weighted by Gasteiger charge is -2.21. The summed E-state index contributed by atoms with van der Waals surface area (Å²) in [5, 5.41) is 9.12. The van der Waals surface area contributed by atoms with Gasteiger partial charge in [0.05, 0.1) is 10.3 Å². The number of carboxylic acids is 1. The predicted molar refractivity (Wildman–Crippen MR) is 72.4 cm³/mol. The van der Waals surface area contributed by atoms with Gasteiger partial charge in [-0.3, -0.25) is 4.79 Å². The Hall–Kier alpha value is -0.880. The van der Waals surface area contributed by atoms with E-state index in [-0.39, 0.29) is 11.3 Å². The Balaban J connectivity index is 3.37. The van der Waals surface area contributed by atoms with Gasteiger partial charge in [0.25, 0.3) is 0 Å². The normalized spacial score (nSPS) is 12.4. The van der Waals surface area contributed by atoms with Gasteiger partial charge in [-0.15, -0.1) is 0 Å². The van der Waals surface area contributed by atoms with Crippen LogP contribution in [0.4, 0.5) is 0 Å². The van der Waals surface area contributed by atoms with Crippen molar-refractivity contribution in [3.05, 3.63) is 28.2 Å². The Morgan fingerprint density at radius 3 is 2.39 bits per heavy atom. The number of carboxylic acid groups (broad SMARTS) is 1. The molecule has 100 valence electrons. The molecule has 0 heterocycles. The van der Waals surface area contributed by atoms with E-state index in [1.165, 1.54) is 6.07 Å². The second-order valence-corrected chi connectivity index (χ2v) is 7.69. The first-order valence-electron chi connectivity index (χ1n) is 5.26. The van der Waals surface area contributed by atoms with E-state index in [1.807, 2.05) is 0 Å². The molecule has 0 aliphatic heterocycles. The molecular formula is C12H15BrO4S. The maximum absolute atomic E-state index is 11.7. The minimum atomic E-state index is -3.38. The van der Waals surface area contributed by atoms with Crippen LogP contribution in [-0.4, -0.2) is 25.7 Å². The van der Waals surface area contributed by atoms with Crippen LogP contribution in [0.15, 0.2) is 27.6 Å². The Morgan fingerprint density at radius 1 is 1.39 bits per heavy atom. The highest BCUT2D eigenvalue weighted by molar-refractivity contribution is 9.10. The van der Waals surface area contributed by atoms with Crippen molar-refractivity contribution < 1.29 is 18.3 Å². The summed E-state index contributed by atoms with van der Waals surface area (Å²) in [5.41, 5.74) is -0.518. The lowest BCUT2D eigenvalue weighted by atomic mass is 9.86. The molecule has 1 aromatic rings. The van der Waals surface area contributed by atoms with Crippen molar-refractivity contribution in [1.29, 1.82) is 0 Å². The SMILES string of the molecule is CC(C)(Cc1c(Br)cccc1S(C)(=O)=O)C(=O)O. The molecule has 0 bridgehead atoms. The molecule has 1 aromatic carbocycles. The molecule has 6 heteroatoms. The Labute approximate surface area is 115 Å². The van der Waals surface area contributed by atoms with E-state index in [0.717, 1.165) is 6.26 Å². The second kappa shape index (κ2) is 5.01. The molecule has 0 atom stereocenters. The van der Waals surface area contributed by atoms with E-state index in [2.05, 4.69) is 15.9 Å². The van der Waals surface area contributed by atoms with Crippen LogP contribution in [0.3, 0.4) is 0 Å². The third-order valence-electron chi connectivity index (χ3n) is 2.67. The zero-order valence-corrected chi connectivity index (χ0v) is 12.8. The van der Waals surface area contributed by atoms with Gasteiger partial charge in [-0.1, -0.05) is 22.0 Å². The maximum Gasteiger partial charge on any atom is 0.309 e. The van der Waals surface area contributed by atoms with Crippen molar-refractivity contribution in [2.75, 3.05) is 6.26 Å². The monoisotopic (exact) mass is 334 g/mol. The minimum absolute atomic E-state index is 0.145.